The van der Waals surface area contributed by atoms with Gasteiger partial charge in [-0.25, -0.2) is 0 Å². The number of rotatable bonds is 1. The summed E-state index contributed by atoms with van der Waals surface area (Å²) in [6, 6.07) is 1.57. The van der Waals surface area contributed by atoms with Crippen molar-refractivity contribution in [3.63, 3.8) is 0 Å². The third-order valence-corrected chi connectivity index (χ3v) is 4.95. The van der Waals surface area contributed by atoms with Crippen LogP contribution < -0.4 is 5.32 Å². The average molecular weight is 252 g/mol. The van der Waals surface area contributed by atoms with Crippen molar-refractivity contribution in [1.29, 1.82) is 0 Å². The van der Waals surface area contributed by atoms with Crippen molar-refractivity contribution in [1.82, 2.24) is 10.2 Å². The molecular weight excluding hydrogens is 220 g/mol. The Morgan fingerprint density at radius 1 is 0.889 bits per heavy atom. The summed E-state index contributed by atoms with van der Waals surface area (Å²) >= 11 is 0. The van der Waals surface area contributed by atoms with Gasteiger partial charge in [-0.3, -0.25) is 0 Å². The van der Waals surface area contributed by atoms with Crippen LogP contribution in [0.15, 0.2) is 0 Å². The molecule has 0 amide bonds. The number of nitrogens with zero attached hydrogens (tertiary/aromatic N) is 1. The lowest BCUT2D eigenvalue weighted by molar-refractivity contribution is 0.134. The van der Waals surface area contributed by atoms with Crippen molar-refractivity contribution in [3.8, 4) is 0 Å². The van der Waals surface area contributed by atoms with Crippen molar-refractivity contribution in [2.45, 2.75) is 71.4 Å². The van der Waals surface area contributed by atoms with Gasteiger partial charge >= 0.3 is 0 Å². The molecule has 0 aromatic carbocycles. The Balaban J connectivity index is 1.91. The van der Waals surface area contributed by atoms with Crippen molar-refractivity contribution in [3.05, 3.63) is 0 Å². The molecule has 2 heteroatoms. The smallest absolute Gasteiger partial charge is 0.00954 e. The molecule has 1 saturated heterocycles. The van der Waals surface area contributed by atoms with Gasteiger partial charge < -0.3 is 10.2 Å². The zero-order valence-corrected chi connectivity index (χ0v) is 12.6. The summed E-state index contributed by atoms with van der Waals surface area (Å²) in [5.41, 5.74) is 0. The first kappa shape index (κ1) is 14.3. The lowest BCUT2D eigenvalue weighted by Crippen LogP contribution is -2.46. The third-order valence-electron chi connectivity index (χ3n) is 4.95. The fourth-order valence-corrected chi connectivity index (χ4v) is 3.58. The van der Waals surface area contributed by atoms with Crippen LogP contribution in [0.25, 0.3) is 0 Å². The van der Waals surface area contributed by atoms with Crippen molar-refractivity contribution in [2.75, 3.05) is 19.6 Å². The van der Waals surface area contributed by atoms with Gasteiger partial charge in [0.15, 0.2) is 0 Å². The maximum atomic E-state index is 3.65. The molecule has 4 atom stereocenters. The van der Waals surface area contributed by atoms with E-state index in [1.807, 2.05) is 0 Å². The van der Waals surface area contributed by atoms with Gasteiger partial charge in [-0.2, -0.15) is 0 Å². The van der Waals surface area contributed by atoms with E-state index < -0.39 is 0 Å². The third kappa shape index (κ3) is 4.24. The maximum Gasteiger partial charge on any atom is 0.00954 e. The van der Waals surface area contributed by atoms with E-state index in [1.165, 1.54) is 58.2 Å². The maximum absolute atomic E-state index is 3.65. The zero-order valence-electron chi connectivity index (χ0n) is 12.6. The topological polar surface area (TPSA) is 15.3 Å². The molecule has 1 N–H and O–H groups in total. The Morgan fingerprint density at radius 3 is 2.56 bits per heavy atom. The van der Waals surface area contributed by atoms with Crippen LogP contribution >= 0.6 is 0 Å². The highest BCUT2D eigenvalue weighted by Crippen LogP contribution is 2.27. The molecule has 2 rings (SSSR count). The molecule has 106 valence electrons. The normalized spacial score (nSPS) is 40.8. The SMILES string of the molecule is CC1CCCC(N2CCC(C)NCC(C)C2)CC1. The first-order valence-electron chi connectivity index (χ1n) is 8.12. The van der Waals surface area contributed by atoms with E-state index in [-0.39, 0.29) is 0 Å². The molecule has 1 aliphatic heterocycles. The lowest BCUT2D eigenvalue weighted by atomic mass is 10.0. The summed E-state index contributed by atoms with van der Waals surface area (Å²) in [6.45, 7) is 11.0. The minimum Gasteiger partial charge on any atom is -0.314 e. The largest absolute Gasteiger partial charge is 0.314 e. The molecule has 1 aliphatic carbocycles. The highest BCUT2D eigenvalue weighted by atomic mass is 15.2. The first-order valence-corrected chi connectivity index (χ1v) is 8.12. The molecule has 0 aromatic rings. The minimum atomic E-state index is 0.694. The lowest BCUT2D eigenvalue weighted by Gasteiger charge is -2.36. The Hall–Kier alpha value is -0.0800. The standard InChI is InChI=1S/C16H32N2/c1-13-5-4-6-16(8-7-13)18-10-9-15(3)17-11-14(2)12-18/h13-17H,4-12H2,1-3H3. The predicted molar refractivity (Wildman–Crippen MR) is 78.9 cm³/mol. The molecule has 0 spiro atoms. The van der Waals surface area contributed by atoms with Crippen LogP contribution in [0.2, 0.25) is 0 Å². The van der Waals surface area contributed by atoms with Gasteiger partial charge in [-0.05, 0) is 57.5 Å². The van der Waals surface area contributed by atoms with Crippen molar-refractivity contribution >= 4 is 0 Å². The molecule has 2 aliphatic rings. The second-order valence-corrected chi connectivity index (χ2v) is 6.97. The summed E-state index contributed by atoms with van der Waals surface area (Å²) in [5, 5.41) is 3.65. The molecule has 2 fully saturated rings. The van der Waals surface area contributed by atoms with Crippen molar-refractivity contribution < 1.29 is 0 Å². The van der Waals surface area contributed by atoms with E-state index in [9.17, 15) is 0 Å². The van der Waals surface area contributed by atoms with E-state index in [1.54, 1.807) is 0 Å². The van der Waals surface area contributed by atoms with E-state index in [2.05, 4.69) is 31.0 Å². The summed E-state index contributed by atoms with van der Waals surface area (Å²) in [6.07, 6.45) is 8.55. The van der Waals surface area contributed by atoms with Crippen LogP contribution in [0, 0.1) is 11.8 Å². The van der Waals surface area contributed by atoms with Crippen LogP contribution in [0.3, 0.4) is 0 Å². The highest BCUT2D eigenvalue weighted by Gasteiger charge is 2.25. The first-order chi connectivity index (χ1) is 8.65. The summed E-state index contributed by atoms with van der Waals surface area (Å²) in [4.78, 5) is 2.82. The van der Waals surface area contributed by atoms with E-state index in [0.29, 0.717) is 6.04 Å². The van der Waals surface area contributed by atoms with Crippen LogP contribution in [0.1, 0.15) is 59.3 Å². The van der Waals surface area contributed by atoms with Crippen LogP contribution in [0.5, 0.6) is 0 Å². The van der Waals surface area contributed by atoms with Gasteiger partial charge in [-0.1, -0.05) is 26.7 Å². The fraction of sp³-hybridized carbons (Fsp3) is 1.00. The van der Waals surface area contributed by atoms with Gasteiger partial charge in [0.05, 0.1) is 0 Å². The zero-order chi connectivity index (χ0) is 13.0. The monoisotopic (exact) mass is 252 g/mol. The Labute approximate surface area is 114 Å². The molecular formula is C16H32N2. The predicted octanol–water partition coefficient (Wildman–Crippen LogP) is 3.28. The Bertz CT molecular complexity index is 241. The Morgan fingerprint density at radius 2 is 1.72 bits per heavy atom. The molecule has 18 heavy (non-hydrogen) atoms. The number of nitrogens with one attached hydrogen (secondary N) is 1. The second kappa shape index (κ2) is 6.91. The molecule has 4 unspecified atom stereocenters. The minimum absolute atomic E-state index is 0.694. The summed E-state index contributed by atoms with van der Waals surface area (Å²) < 4.78 is 0. The molecule has 0 aromatic heterocycles. The van der Waals surface area contributed by atoms with Gasteiger partial charge in [0.1, 0.15) is 0 Å². The molecule has 0 radical (unpaired) electrons. The summed E-state index contributed by atoms with van der Waals surface area (Å²) in [5.74, 6) is 1.76. The van der Waals surface area contributed by atoms with E-state index in [4.69, 9.17) is 0 Å². The van der Waals surface area contributed by atoms with Gasteiger partial charge in [0, 0.05) is 18.6 Å². The fourth-order valence-electron chi connectivity index (χ4n) is 3.58. The quantitative estimate of drug-likeness (QED) is 0.721. The highest BCUT2D eigenvalue weighted by molar-refractivity contribution is 4.81. The molecule has 1 heterocycles. The molecule has 2 nitrogen and oxygen atoms in total. The molecule has 0 bridgehead atoms. The van der Waals surface area contributed by atoms with Gasteiger partial charge in [0.25, 0.3) is 0 Å². The van der Waals surface area contributed by atoms with E-state index >= 15 is 0 Å². The van der Waals surface area contributed by atoms with Gasteiger partial charge in [0.2, 0.25) is 0 Å². The van der Waals surface area contributed by atoms with Crippen LogP contribution in [-0.4, -0.2) is 36.6 Å². The van der Waals surface area contributed by atoms with Crippen molar-refractivity contribution in [2.24, 2.45) is 11.8 Å². The Kier molecular flexibility index (Phi) is 5.50. The summed E-state index contributed by atoms with van der Waals surface area (Å²) in [7, 11) is 0. The molecule has 1 saturated carbocycles. The van der Waals surface area contributed by atoms with Gasteiger partial charge in [-0.15, -0.1) is 0 Å². The number of hydrogen-bond acceptors (Lipinski definition) is 2. The second-order valence-electron chi connectivity index (χ2n) is 6.97. The van der Waals surface area contributed by atoms with Crippen LogP contribution in [0.4, 0.5) is 0 Å². The van der Waals surface area contributed by atoms with Crippen LogP contribution in [-0.2, 0) is 0 Å². The van der Waals surface area contributed by atoms with E-state index in [0.717, 1.165) is 17.9 Å². The average Bonchev–Trinajstić information content (AvgIpc) is 2.55. The number of hydrogen-bond donors (Lipinski definition) is 1.